The molecule has 0 fully saturated rings. The molecule has 92 valence electrons. The van der Waals surface area contributed by atoms with Gasteiger partial charge in [-0.1, -0.05) is 13.8 Å². The van der Waals surface area contributed by atoms with Crippen LogP contribution < -0.4 is 11.1 Å². The van der Waals surface area contributed by atoms with E-state index in [2.05, 4.69) is 33.0 Å². The van der Waals surface area contributed by atoms with Gasteiger partial charge in [-0.25, -0.2) is 0 Å². The van der Waals surface area contributed by atoms with Crippen LogP contribution in [0, 0.1) is 12.3 Å². The molecule has 1 heterocycles. The summed E-state index contributed by atoms with van der Waals surface area (Å²) in [4.78, 5) is 0. The second-order valence-corrected chi connectivity index (χ2v) is 5.72. The molecule has 1 aromatic heterocycles. The molecular weight excluding hydrogens is 200 g/mol. The quantitative estimate of drug-likeness (QED) is 0.807. The zero-order valence-electron chi connectivity index (χ0n) is 11.1. The van der Waals surface area contributed by atoms with E-state index in [1.165, 1.54) is 0 Å². The summed E-state index contributed by atoms with van der Waals surface area (Å²) in [5, 5.41) is 3.39. The van der Waals surface area contributed by atoms with E-state index in [0.717, 1.165) is 24.6 Å². The maximum atomic E-state index is 6.13. The highest BCUT2D eigenvalue weighted by Gasteiger charge is 2.32. The largest absolute Gasteiger partial charge is 0.465 e. The second kappa shape index (κ2) is 4.60. The molecule has 0 saturated carbocycles. The fourth-order valence-corrected chi connectivity index (χ4v) is 1.31. The van der Waals surface area contributed by atoms with Crippen molar-refractivity contribution in [2.45, 2.75) is 46.7 Å². The predicted molar refractivity (Wildman–Crippen MR) is 67.2 cm³/mol. The standard InChI is InChI=1S/C13H24N2O/c1-10-6-7-11(16-10)8-15-9-12(2,3)13(4,5)14/h6-7,15H,8-9,14H2,1-5H3. The molecule has 0 atom stereocenters. The van der Waals surface area contributed by atoms with Gasteiger partial charge in [0.1, 0.15) is 11.5 Å². The minimum atomic E-state index is -0.195. The van der Waals surface area contributed by atoms with Gasteiger partial charge in [0.15, 0.2) is 0 Å². The molecule has 0 spiro atoms. The molecule has 0 radical (unpaired) electrons. The van der Waals surface area contributed by atoms with Crippen LogP contribution in [0.15, 0.2) is 16.5 Å². The van der Waals surface area contributed by atoms with Crippen LogP contribution in [0.1, 0.15) is 39.2 Å². The van der Waals surface area contributed by atoms with Crippen LogP contribution in [-0.4, -0.2) is 12.1 Å². The number of aryl methyl sites for hydroxylation is 1. The third kappa shape index (κ3) is 3.35. The Morgan fingerprint density at radius 1 is 1.25 bits per heavy atom. The second-order valence-electron chi connectivity index (χ2n) is 5.72. The fourth-order valence-electron chi connectivity index (χ4n) is 1.31. The lowest BCUT2D eigenvalue weighted by Crippen LogP contribution is -2.52. The van der Waals surface area contributed by atoms with Crippen molar-refractivity contribution in [2.24, 2.45) is 11.1 Å². The molecule has 0 saturated heterocycles. The first kappa shape index (κ1) is 13.3. The Balaban J connectivity index is 2.41. The van der Waals surface area contributed by atoms with E-state index in [9.17, 15) is 0 Å². The van der Waals surface area contributed by atoms with E-state index < -0.39 is 0 Å². The van der Waals surface area contributed by atoms with Crippen molar-refractivity contribution in [2.75, 3.05) is 6.54 Å². The summed E-state index contributed by atoms with van der Waals surface area (Å²) in [6, 6.07) is 3.98. The first-order valence-electron chi connectivity index (χ1n) is 5.77. The molecule has 0 aliphatic carbocycles. The van der Waals surface area contributed by atoms with Gasteiger partial charge in [-0.05, 0) is 38.3 Å². The van der Waals surface area contributed by atoms with Crippen LogP contribution >= 0.6 is 0 Å². The number of furan rings is 1. The molecule has 0 amide bonds. The van der Waals surface area contributed by atoms with Crippen LogP contribution in [0.3, 0.4) is 0 Å². The Morgan fingerprint density at radius 2 is 1.88 bits per heavy atom. The van der Waals surface area contributed by atoms with Gasteiger partial charge in [-0.2, -0.15) is 0 Å². The molecule has 0 aromatic carbocycles. The number of hydrogen-bond acceptors (Lipinski definition) is 3. The monoisotopic (exact) mass is 224 g/mol. The van der Waals surface area contributed by atoms with Crippen LogP contribution in [0.5, 0.6) is 0 Å². The molecule has 0 unspecified atom stereocenters. The Kier molecular flexibility index (Phi) is 3.81. The van der Waals surface area contributed by atoms with Crippen molar-refractivity contribution in [3.63, 3.8) is 0 Å². The van der Waals surface area contributed by atoms with Crippen LogP contribution in [0.4, 0.5) is 0 Å². The highest BCUT2D eigenvalue weighted by atomic mass is 16.3. The number of hydrogen-bond donors (Lipinski definition) is 2. The first-order valence-corrected chi connectivity index (χ1v) is 5.77. The van der Waals surface area contributed by atoms with Gasteiger partial charge in [0, 0.05) is 12.1 Å². The van der Waals surface area contributed by atoms with Gasteiger partial charge in [0.05, 0.1) is 6.54 Å². The van der Waals surface area contributed by atoms with E-state index in [-0.39, 0.29) is 11.0 Å². The molecule has 0 bridgehead atoms. The summed E-state index contributed by atoms with van der Waals surface area (Å²) in [5.74, 6) is 1.93. The van der Waals surface area contributed by atoms with Crippen LogP contribution in [-0.2, 0) is 6.54 Å². The first-order chi connectivity index (χ1) is 7.22. The third-order valence-corrected chi connectivity index (χ3v) is 3.41. The molecular formula is C13H24N2O. The Labute approximate surface area is 98.4 Å². The SMILES string of the molecule is Cc1ccc(CNCC(C)(C)C(C)(C)N)o1. The minimum Gasteiger partial charge on any atom is -0.465 e. The van der Waals surface area contributed by atoms with E-state index in [1.54, 1.807) is 0 Å². The summed E-state index contributed by atoms with van der Waals surface area (Å²) < 4.78 is 5.49. The average molecular weight is 224 g/mol. The van der Waals surface area contributed by atoms with Gasteiger partial charge in [-0.3, -0.25) is 0 Å². The zero-order valence-corrected chi connectivity index (χ0v) is 11.1. The van der Waals surface area contributed by atoms with E-state index in [0.29, 0.717) is 0 Å². The van der Waals surface area contributed by atoms with Gasteiger partial charge >= 0.3 is 0 Å². The lowest BCUT2D eigenvalue weighted by molar-refractivity contribution is 0.193. The number of rotatable bonds is 5. The van der Waals surface area contributed by atoms with Crippen molar-refractivity contribution in [1.29, 1.82) is 0 Å². The molecule has 0 aliphatic heterocycles. The summed E-state index contributed by atoms with van der Waals surface area (Å²) >= 11 is 0. The summed E-state index contributed by atoms with van der Waals surface area (Å²) in [5.41, 5.74) is 5.99. The topological polar surface area (TPSA) is 51.2 Å². The van der Waals surface area contributed by atoms with E-state index in [4.69, 9.17) is 10.2 Å². The van der Waals surface area contributed by atoms with Crippen molar-refractivity contribution >= 4 is 0 Å². The van der Waals surface area contributed by atoms with E-state index in [1.807, 2.05) is 19.1 Å². The molecule has 3 N–H and O–H groups in total. The van der Waals surface area contributed by atoms with Crippen LogP contribution in [0.2, 0.25) is 0 Å². The van der Waals surface area contributed by atoms with Crippen molar-refractivity contribution < 1.29 is 4.42 Å². The van der Waals surface area contributed by atoms with Crippen molar-refractivity contribution in [3.8, 4) is 0 Å². The van der Waals surface area contributed by atoms with Crippen LogP contribution in [0.25, 0.3) is 0 Å². The Morgan fingerprint density at radius 3 is 2.31 bits per heavy atom. The fraction of sp³-hybridized carbons (Fsp3) is 0.692. The average Bonchev–Trinajstić information content (AvgIpc) is 2.49. The highest BCUT2D eigenvalue weighted by molar-refractivity contribution is 5.05. The molecule has 1 rings (SSSR count). The normalized spacial score (nSPS) is 13.1. The molecule has 16 heavy (non-hydrogen) atoms. The molecule has 3 nitrogen and oxygen atoms in total. The predicted octanol–water partition coefficient (Wildman–Crippen LogP) is 2.44. The maximum Gasteiger partial charge on any atom is 0.117 e. The third-order valence-electron chi connectivity index (χ3n) is 3.41. The van der Waals surface area contributed by atoms with Gasteiger partial charge < -0.3 is 15.5 Å². The smallest absolute Gasteiger partial charge is 0.117 e. The zero-order chi connectivity index (χ0) is 12.4. The van der Waals surface area contributed by atoms with Crippen molar-refractivity contribution in [1.82, 2.24) is 5.32 Å². The summed E-state index contributed by atoms with van der Waals surface area (Å²) in [6.45, 7) is 12.1. The number of nitrogens with two attached hydrogens (primary N) is 1. The summed E-state index contributed by atoms with van der Waals surface area (Å²) in [6.07, 6.45) is 0. The van der Waals surface area contributed by atoms with Gasteiger partial charge in [-0.15, -0.1) is 0 Å². The maximum absolute atomic E-state index is 6.13. The molecule has 1 aromatic rings. The molecule has 0 aliphatic rings. The minimum absolute atomic E-state index is 0.0502. The Bertz CT molecular complexity index is 334. The highest BCUT2D eigenvalue weighted by Crippen LogP contribution is 2.27. The Hall–Kier alpha value is -0.800. The van der Waals surface area contributed by atoms with Crippen molar-refractivity contribution in [3.05, 3.63) is 23.7 Å². The summed E-state index contributed by atoms with van der Waals surface area (Å²) in [7, 11) is 0. The number of nitrogens with one attached hydrogen (secondary N) is 1. The van der Waals surface area contributed by atoms with E-state index >= 15 is 0 Å². The van der Waals surface area contributed by atoms with Gasteiger partial charge in [0.25, 0.3) is 0 Å². The lowest BCUT2D eigenvalue weighted by atomic mass is 9.75. The lowest BCUT2D eigenvalue weighted by Gasteiger charge is -2.38. The van der Waals surface area contributed by atoms with Gasteiger partial charge in [0.2, 0.25) is 0 Å². The molecule has 3 heteroatoms.